The van der Waals surface area contributed by atoms with E-state index in [9.17, 15) is 4.79 Å². The summed E-state index contributed by atoms with van der Waals surface area (Å²) in [5, 5.41) is 20.8. The fraction of sp³-hybridized carbons (Fsp3) is 0.143. The van der Waals surface area contributed by atoms with Gasteiger partial charge in [-0.05, 0) is 46.7 Å². The summed E-state index contributed by atoms with van der Waals surface area (Å²) in [4.78, 5) is 12.1. The summed E-state index contributed by atoms with van der Waals surface area (Å²) in [7, 11) is 0. The highest BCUT2D eigenvalue weighted by Gasteiger charge is 2.12. The zero-order valence-corrected chi connectivity index (χ0v) is 14.1. The number of carbonyl (C=O) groups excluding carboxylic acids is 1. The molecule has 2 rings (SSSR count). The number of hydrogen-bond acceptors (Lipinski definition) is 5. The van der Waals surface area contributed by atoms with Gasteiger partial charge in [-0.2, -0.15) is 5.26 Å². The lowest BCUT2D eigenvalue weighted by molar-refractivity contribution is -0.112. The zero-order chi connectivity index (χ0) is 15.2. The Morgan fingerprint density at radius 2 is 2.24 bits per heavy atom. The standard InChI is InChI=1S/C14H11IN4OS/c1-2-12-18-19-14(21-12)17-13(20)10(8-16)7-9-5-3-4-6-11(9)15/h3-7H,2H2,1H3,(H,17,19,20)/b10-7+. The van der Waals surface area contributed by atoms with E-state index in [1.54, 1.807) is 6.08 Å². The first-order valence-corrected chi connectivity index (χ1v) is 8.03. The van der Waals surface area contributed by atoms with Crippen LogP contribution in [-0.4, -0.2) is 16.1 Å². The lowest BCUT2D eigenvalue weighted by Gasteiger charge is -2.01. The van der Waals surface area contributed by atoms with Gasteiger partial charge in [-0.15, -0.1) is 10.2 Å². The first-order chi connectivity index (χ1) is 10.1. The predicted molar refractivity (Wildman–Crippen MR) is 90.7 cm³/mol. The molecule has 0 fully saturated rings. The third kappa shape index (κ3) is 4.09. The summed E-state index contributed by atoms with van der Waals surface area (Å²) in [5.41, 5.74) is 0.865. The second-order valence-corrected chi connectivity index (χ2v) is 6.22. The number of benzene rings is 1. The lowest BCUT2D eigenvalue weighted by atomic mass is 10.1. The van der Waals surface area contributed by atoms with Crippen molar-refractivity contribution in [1.82, 2.24) is 10.2 Å². The number of aromatic nitrogens is 2. The molecule has 0 saturated heterocycles. The van der Waals surface area contributed by atoms with Gasteiger partial charge < -0.3 is 0 Å². The number of hydrogen-bond donors (Lipinski definition) is 1. The number of anilines is 1. The summed E-state index contributed by atoms with van der Waals surface area (Å²) >= 11 is 3.47. The summed E-state index contributed by atoms with van der Waals surface area (Å²) in [6, 6.07) is 9.45. The van der Waals surface area contributed by atoms with Crippen LogP contribution in [0.2, 0.25) is 0 Å². The summed E-state index contributed by atoms with van der Waals surface area (Å²) < 4.78 is 0.972. The molecule has 7 heteroatoms. The third-order valence-corrected chi connectivity index (χ3v) is 4.53. The topological polar surface area (TPSA) is 78.7 Å². The van der Waals surface area contributed by atoms with Crippen LogP contribution in [-0.2, 0) is 11.2 Å². The monoisotopic (exact) mass is 410 g/mol. The summed E-state index contributed by atoms with van der Waals surface area (Å²) in [5.74, 6) is -0.476. The van der Waals surface area contributed by atoms with Gasteiger partial charge in [0.2, 0.25) is 5.13 Å². The maximum atomic E-state index is 12.1. The molecule has 1 aromatic heterocycles. The number of rotatable bonds is 4. The Morgan fingerprint density at radius 1 is 1.48 bits per heavy atom. The summed E-state index contributed by atoms with van der Waals surface area (Å²) in [6.45, 7) is 1.96. The van der Waals surface area contributed by atoms with E-state index in [2.05, 4.69) is 38.1 Å². The fourth-order valence-corrected chi connectivity index (χ4v) is 2.73. The molecule has 1 amide bonds. The summed E-state index contributed by atoms with van der Waals surface area (Å²) in [6.07, 6.45) is 2.33. The van der Waals surface area contributed by atoms with Crippen molar-refractivity contribution >= 4 is 51.0 Å². The molecule has 0 atom stereocenters. The van der Waals surface area contributed by atoms with Crippen LogP contribution in [0.15, 0.2) is 29.8 Å². The molecule has 21 heavy (non-hydrogen) atoms. The Bertz CT molecular complexity index is 733. The van der Waals surface area contributed by atoms with Gasteiger partial charge >= 0.3 is 0 Å². The van der Waals surface area contributed by atoms with Crippen molar-refractivity contribution in [2.45, 2.75) is 13.3 Å². The Kier molecular flexibility index (Phi) is 5.41. The van der Waals surface area contributed by atoms with Crippen LogP contribution >= 0.6 is 33.9 Å². The molecular formula is C14H11IN4OS. The Labute approximate surface area is 139 Å². The maximum Gasteiger partial charge on any atom is 0.268 e. The van der Waals surface area contributed by atoms with Gasteiger partial charge in [0.25, 0.3) is 5.91 Å². The van der Waals surface area contributed by atoms with E-state index in [0.717, 1.165) is 20.6 Å². The van der Waals surface area contributed by atoms with E-state index < -0.39 is 5.91 Å². The molecule has 0 radical (unpaired) electrons. The molecule has 0 spiro atoms. The van der Waals surface area contributed by atoms with Crippen molar-refractivity contribution in [3.8, 4) is 6.07 Å². The van der Waals surface area contributed by atoms with Crippen LogP contribution in [0.4, 0.5) is 5.13 Å². The second-order valence-electron chi connectivity index (χ2n) is 4.00. The number of aryl methyl sites for hydroxylation is 1. The van der Waals surface area contributed by atoms with E-state index in [1.807, 2.05) is 37.3 Å². The molecule has 1 heterocycles. The Hall–Kier alpha value is -1.79. The highest BCUT2D eigenvalue weighted by atomic mass is 127. The van der Waals surface area contributed by atoms with Crippen molar-refractivity contribution in [2.75, 3.05) is 5.32 Å². The first kappa shape index (κ1) is 15.6. The molecular weight excluding hydrogens is 399 g/mol. The predicted octanol–water partition coefficient (Wildman–Crippen LogP) is 3.25. The molecule has 0 unspecified atom stereocenters. The van der Waals surface area contributed by atoms with Crippen molar-refractivity contribution in [2.24, 2.45) is 0 Å². The van der Waals surface area contributed by atoms with Crippen molar-refractivity contribution in [1.29, 1.82) is 5.26 Å². The van der Waals surface area contributed by atoms with Crippen molar-refractivity contribution < 1.29 is 4.79 Å². The number of halogens is 1. The van der Waals surface area contributed by atoms with Gasteiger partial charge in [0.15, 0.2) is 0 Å². The minimum atomic E-state index is -0.476. The van der Waals surface area contributed by atoms with Crippen LogP contribution in [0, 0.1) is 14.9 Å². The largest absolute Gasteiger partial charge is 0.296 e. The van der Waals surface area contributed by atoms with Gasteiger partial charge in [0.1, 0.15) is 16.6 Å². The Balaban J connectivity index is 2.19. The highest BCUT2D eigenvalue weighted by molar-refractivity contribution is 14.1. The van der Waals surface area contributed by atoms with Crippen LogP contribution < -0.4 is 5.32 Å². The maximum absolute atomic E-state index is 12.1. The Morgan fingerprint density at radius 3 is 2.86 bits per heavy atom. The molecule has 0 aliphatic heterocycles. The number of carbonyl (C=O) groups is 1. The van der Waals surface area contributed by atoms with Crippen molar-refractivity contribution in [3.63, 3.8) is 0 Å². The van der Waals surface area contributed by atoms with E-state index in [1.165, 1.54) is 11.3 Å². The normalized spacial score (nSPS) is 11.0. The lowest BCUT2D eigenvalue weighted by Crippen LogP contribution is -2.13. The van der Waals surface area contributed by atoms with E-state index in [4.69, 9.17) is 5.26 Å². The van der Waals surface area contributed by atoms with Crippen LogP contribution in [0.3, 0.4) is 0 Å². The molecule has 0 saturated carbocycles. The third-order valence-electron chi connectivity index (χ3n) is 2.56. The van der Waals surface area contributed by atoms with Crippen LogP contribution in [0.1, 0.15) is 17.5 Å². The van der Waals surface area contributed by atoms with Gasteiger partial charge in [-0.25, -0.2) is 0 Å². The minimum Gasteiger partial charge on any atom is -0.296 e. The number of nitrogens with zero attached hydrogens (tertiary/aromatic N) is 3. The first-order valence-electron chi connectivity index (χ1n) is 6.14. The smallest absolute Gasteiger partial charge is 0.268 e. The van der Waals surface area contributed by atoms with E-state index >= 15 is 0 Å². The SMILES string of the molecule is CCc1nnc(NC(=O)/C(C#N)=C/c2ccccc2I)s1. The second kappa shape index (κ2) is 7.28. The fourth-order valence-electron chi connectivity index (χ4n) is 1.51. The highest BCUT2D eigenvalue weighted by Crippen LogP contribution is 2.18. The molecule has 106 valence electrons. The molecule has 2 aromatic rings. The van der Waals surface area contributed by atoms with Crippen molar-refractivity contribution in [3.05, 3.63) is 44.0 Å². The number of amides is 1. The van der Waals surface area contributed by atoms with E-state index in [-0.39, 0.29) is 5.57 Å². The average Bonchev–Trinajstić information content (AvgIpc) is 2.94. The van der Waals surface area contributed by atoms with Crippen LogP contribution in [0.25, 0.3) is 6.08 Å². The molecule has 1 aromatic carbocycles. The number of nitriles is 1. The molecule has 1 N–H and O–H groups in total. The molecule has 0 bridgehead atoms. The number of nitrogens with one attached hydrogen (secondary N) is 1. The van der Waals surface area contributed by atoms with Gasteiger partial charge in [-0.3, -0.25) is 10.1 Å². The van der Waals surface area contributed by atoms with Crippen LogP contribution in [0.5, 0.6) is 0 Å². The molecule has 5 nitrogen and oxygen atoms in total. The zero-order valence-electron chi connectivity index (χ0n) is 11.1. The molecule has 0 aliphatic rings. The van der Waals surface area contributed by atoms with E-state index in [0.29, 0.717) is 5.13 Å². The minimum absolute atomic E-state index is 0.0346. The van der Waals surface area contributed by atoms with Gasteiger partial charge in [0.05, 0.1) is 0 Å². The average molecular weight is 410 g/mol. The molecule has 0 aliphatic carbocycles. The van der Waals surface area contributed by atoms with Gasteiger partial charge in [0, 0.05) is 3.57 Å². The quantitative estimate of drug-likeness (QED) is 0.477. The van der Waals surface area contributed by atoms with Gasteiger partial charge in [-0.1, -0.05) is 36.5 Å².